The van der Waals surface area contributed by atoms with Crippen molar-refractivity contribution in [2.45, 2.75) is 15.2 Å². The molecule has 0 radical (unpaired) electrons. The van der Waals surface area contributed by atoms with Crippen molar-refractivity contribution in [3.8, 4) is 0 Å². The predicted octanol–water partition coefficient (Wildman–Crippen LogP) is 7.71. The second kappa shape index (κ2) is 15.1. The number of thioether (sulfide) groups is 2. The van der Waals surface area contributed by atoms with Gasteiger partial charge in [0, 0.05) is 33.4 Å². The topological polar surface area (TPSA) is 52.6 Å². The molecule has 4 aromatic carbocycles. The summed E-state index contributed by atoms with van der Waals surface area (Å²) in [6.07, 6.45) is 2.36. The van der Waals surface area contributed by atoms with Gasteiger partial charge < -0.3 is 9.47 Å². The third-order valence-electron chi connectivity index (χ3n) is 6.49. The molecule has 0 atom stereocenters. The fraction of sp³-hybridized carbons (Fsp3) is 0.143. The molecule has 0 unspecified atom stereocenters. The lowest BCUT2D eigenvalue weighted by Crippen LogP contribution is -2.31. The highest BCUT2D eigenvalue weighted by Gasteiger charge is 2.38. The average Bonchev–Trinajstić information content (AvgIpc) is 3.03. The van der Waals surface area contributed by atoms with E-state index in [0.717, 1.165) is 32.0 Å². The van der Waals surface area contributed by atoms with Crippen molar-refractivity contribution >= 4 is 35.5 Å². The Kier molecular flexibility index (Phi) is 11.1. The van der Waals surface area contributed by atoms with Gasteiger partial charge in [-0.25, -0.2) is 9.59 Å². The molecule has 0 fully saturated rings. The molecular formula is C35H32O4S2. The summed E-state index contributed by atoms with van der Waals surface area (Å²) < 4.78 is 10.3. The largest absolute Gasteiger partial charge is 0.462 e. The van der Waals surface area contributed by atoms with Crippen molar-refractivity contribution in [1.82, 2.24) is 0 Å². The lowest BCUT2D eigenvalue weighted by molar-refractivity contribution is -0.138. The van der Waals surface area contributed by atoms with Crippen LogP contribution < -0.4 is 0 Å². The van der Waals surface area contributed by atoms with Crippen LogP contribution in [0.25, 0.3) is 0 Å². The summed E-state index contributed by atoms with van der Waals surface area (Å²) in [6.45, 7) is 7.53. The van der Waals surface area contributed by atoms with Gasteiger partial charge in [-0.3, -0.25) is 0 Å². The molecule has 0 spiro atoms. The van der Waals surface area contributed by atoms with Crippen molar-refractivity contribution < 1.29 is 19.1 Å². The van der Waals surface area contributed by atoms with Gasteiger partial charge in [0.25, 0.3) is 0 Å². The minimum Gasteiger partial charge on any atom is -0.462 e. The van der Waals surface area contributed by atoms with Crippen LogP contribution in [0.1, 0.15) is 22.3 Å². The average molecular weight is 581 g/mol. The van der Waals surface area contributed by atoms with Gasteiger partial charge in [-0.15, -0.1) is 23.5 Å². The van der Waals surface area contributed by atoms with Crippen LogP contribution in [0, 0.1) is 0 Å². The van der Waals surface area contributed by atoms with Gasteiger partial charge in [-0.2, -0.15) is 0 Å². The molecule has 0 heterocycles. The number of hydrogen-bond acceptors (Lipinski definition) is 6. The SMILES string of the molecule is C=CC(=O)OCCSc1ccc(C(c2ccccc2)(c2ccccc2)c2cccc(SCCOC(=O)C=C)c2)cc1. The summed E-state index contributed by atoms with van der Waals surface area (Å²) in [5, 5.41) is 0. The van der Waals surface area contributed by atoms with Crippen LogP contribution in [0.4, 0.5) is 0 Å². The van der Waals surface area contributed by atoms with Gasteiger partial charge in [-0.05, 0) is 46.5 Å². The number of carbonyl (C=O) groups excluding carboxylic acids is 2. The van der Waals surface area contributed by atoms with Crippen molar-refractivity contribution in [1.29, 1.82) is 0 Å². The van der Waals surface area contributed by atoms with E-state index in [-0.39, 0.29) is 0 Å². The second-order valence-electron chi connectivity index (χ2n) is 8.97. The predicted molar refractivity (Wildman–Crippen MR) is 169 cm³/mol. The standard InChI is InChI=1S/C35H32O4S2/c1-3-33(36)38-22-24-40-31-20-18-29(19-21-31)35(27-12-7-5-8-13-27,28-14-9-6-10-15-28)30-16-11-17-32(26-30)41-25-23-39-34(37)4-2/h3-21,26H,1-2,22-25H2. The van der Waals surface area contributed by atoms with Gasteiger partial charge in [0.15, 0.2) is 0 Å². The molecule has 0 aromatic heterocycles. The summed E-state index contributed by atoms with van der Waals surface area (Å²) in [5.74, 6) is 0.476. The van der Waals surface area contributed by atoms with Gasteiger partial charge in [0.1, 0.15) is 13.2 Å². The van der Waals surface area contributed by atoms with Crippen molar-refractivity contribution in [2.75, 3.05) is 24.7 Å². The fourth-order valence-corrected chi connectivity index (χ4v) is 6.24. The Balaban J connectivity index is 1.73. The normalized spacial score (nSPS) is 10.9. The van der Waals surface area contributed by atoms with E-state index in [0.29, 0.717) is 24.7 Å². The summed E-state index contributed by atoms with van der Waals surface area (Å²) >= 11 is 3.29. The van der Waals surface area contributed by atoms with E-state index in [2.05, 4.69) is 110 Å². The molecule has 0 aliphatic heterocycles. The lowest BCUT2D eigenvalue weighted by Gasteiger charge is -2.37. The molecular weight excluding hydrogens is 549 g/mol. The summed E-state index contributed by atoms with van der Waals surface area (Å²) in [7, 11) is 0. The summed E-state index contributed by atoms with van der Waals surface area (Å²) in [6, 6.07) is 38.3. The van der Waals surface area contributed by atoms with Crippen molar-refractivity contribution in [3.05, 3.63) is 157 Å². The number of ether oxygens (including phenoxy) is 2. The first-order valence-corrected chi connectivity index (χ1v) is 15.2. The van der Waals surface area contributed by atoms with Crippen LogP contribution in [0.5, 0.6) is 0 Å². The molecule has 0 amide bonds. The Bertz CT molecular complexity index is 1410. The highest BCUT2D eigenvalue weighted by Crippen LogP contribution is 2.46. The molecule has 208 valence electrons. The Hall–Kier alpha value is -4.00. The van der Waals surface area contributed by atoms with Gasteiger partial charge in [0.2, 0.25) is 0 Å². The van der Waals surface area contributed by atoms with E-state index in [1.54, 1.807) is 23.5 Å². The van der Waals surface area contributed by atoms with Gasteiger partial charge in [-0.1, -0.05) is 98.1 Å². The van der Waals surface area contributed by atoms with Crippen molar-refractivity contribution in [2.24, 2.45) is 0 Å². The van der Waals surface area contributed by atoms with Crippen LogP contribution >= 0.6 is 23.5 Å². The molecule has 6 heteroatoms. The maximum atomic E-state index is 11.4. The molecule has 4 nitrogen and oxygen atoms in total. The zero-order chi connectivity index (χ0) is 28.9. The maximum absolute atomic E-state index is 11.4. The Morgan fingerprint density at radius 1 is 0.585 bits per heavy atom. The number of esters is 2. The molecule has 0 saturated carbocycles. The molecule has 0 bridgehead atoms. The first kappa shape index (κ1) is 30.0. The molecule has 0 N–H and O–H groups in total. The van der Waals surface area contributed by atoms with Crippen LogP contribution in [-0.2, 0) is 24.5 Å². The zero-order valence-electron chi connectivity index (χ0n) is 22.7. The monoisotopic (exact) mass is 580 g/mol. The van der Waals surface area contributed by atoms with Crippen LogP contribution in [-0.4, -0.2) is 36.7 Å². The van der Waals surface area contributed by atoms with Crippen molar-refractivity contribution in [3.63, 3.8) is 0 Å². The smallest absolute Gasteiger partial charge is 0.330 e. The highest BCUT2D eigenvalue weighted by molar-refractivity contribution is 7.99. The van der Waals surface area contributed by atoms with Crippen LogP contribution in [0.2, 0.25) is 0 Å². The first-order valence-electron chi connectivity index (χ1n) is 13.2. The Morgan fingerprint density at radius 3 is 1.56 bits per heavy atom. The van der Waals surface area contributed by atoms with E-state index >= 15 is 0 Å². The quantitative estimate of drug-likeness (QED) is 0.0501. The second-order valence-corrected chi connectivity index (χ2v) is 11.3. The van der Waals surface area contributed by atoms with E-state index in [1.165, 1.54) is 12.2 Å². The Morgan fingerprint density at radius 2 is 1.05 bits per heavy atom. The van der Waals surface area contributed by atoms with Gasteiger partial charge >= 0.3 is 11.9 Å². The number of carbonyl (C=O) groups is 2. The maximum Gasteiger partial charge on any atom is 0.330 e. The Labute approximate surface area is 250 Å². The van der Waals surface area contributed by atoms with Crippen LogP contribution in [0.3, 0.4) is 0 Å². The number of benzene rings is 4. The van der Waals surface area contributed by atoms with Crippen LogP contribution in [0.15, 0.2) is 144 Å². The summed E-state index contributed by atoms with van der Waals surface area (Å²) in [4.78, 5) is 25.0. The first-order chi connectivity index (χ1) is 20.1. The molecule has 41 heavy (non-hydrogen) atoms. The molecule has 4 rings (SSSR count). The minimum absolute atomic E-state index is 0.314. The third kappa shape index (κ3) is 7.60. The van der Waals surface area contributed by atoms with E-state index in [9.17, 15) is 9.59 Å². The molecule has 0 saturated heterocycles. The molecule has 0 aliphatic rings. The number of rotatable bonds is 14. The van der Waals surface area contributed by atoms with E-state index in [1.807, 2.05) is 12.1 Å². The highest BCUT2D eigenvalue weighted by atomic mass is 32.2. The fourth-order valence-electron chi connectivity index (χ4n) is 4.72. The van der Waals surface area contributed by atoms with Gasteiger partial charge in [0.05, 0.1) is 5.41 Å². The summed E-state index contributed by atoms with van der Waals surface area (Å²) in [5.41, 5.74) is 4.02. The number of hydrogen-bond donors (Lipinski definition) is 0. The minimum atomic E-state index is -0.572. The van der Waals surface area contributed by atoms with E-state index in [4.69, 9.17) is 9.47 Å². The molecule has 0 aliphatic carbocycles. The van der Waals surface area contributed by atoms with E-state index < -0.39 is 17.4 Å². The zero-order valence-corrected chi connectivity index (χ0v) is 24.4. The third-order valence-corrected chi connectivity index (χ3v) is 8.43. The lowest BCUT2D eigenvalue weighted by atomic mass is 9.65. The molecule has 4 aromatic rings.